The standard InChI is InChI=1S/C8H10F3NO3/c1-2-15-7(14)6-4(8(9,10)11)3-5(13)12-6/h4,6H,2-3H2,1H3,(H,12,13)/t4-,6+/m0/s1. The molecule has 1 rings (SSSR count). The van der Waals surface area contributed by atoms with Crippen molar-refractivity contribution < 1.29 is 27.5 Å². The van der Waals surface area contributed by atoms with Crippen LogP contribution in [0.5, 0.6) is 0 Å². The number of hydrogen-bond acceptors (Lipinski definition) is 3. The van der Waals surface area contributed by atoms with Crippen molar-refractivity contribution in [3.05, 3.63) is 0 Å². The molecule has 1 N–H and O–H groups in total. The van der Waals surface area contributed by atoms with E-state index in [1.807, 2.05) is 5.32 Å². The third-order valence-corrected chi connectivity index (χ3v) is 2.09. The molecule has 1 aliphatic rings. The largest absolute Gasteiger partial charge is 0.464 e. The number of alkyl halides is 3. The summed E-state index contributed by atoms with van der Waals surface area (Å²) in [5, 5.41) is 1.96. The van der Waals surface area contributed by atoms with Crippen molar-refractivity contribution in [1.29, 1.82) is 0 Å². The van der Waals surface area contributed by atoms with Gasteiger partial charge >= 0.3 is 12.1 Å². The van der Waals surface area contributed by atoms with Crippen LogP contribution in [-0.4, -0.2) is 30.7 Å². The lowest BCUT2D eigenvalue weighted by atomic mass is 10.0. The van der Waals surface area contributed by atoms with E-state index >= 15 is 0 Å². The third kappa shape index (κ3) is 2.60. The second kappa shape index (κ2) is 4.08. The average Bonchev–Trinajstić information content (AvgIpc) is 2.47. The van der Waals surface area contributed by atoms with Gasteiger partial charge in [-0.15, -0.1) is 0 Å². The van der Waals surface area contributed by atoms with Gasteiger partial charge < -0.3 is 10.1 Å². The molecule has 0 bridgehead atoms. The molecule has 0 aromatic carbocycles. The number of rotatable bonds is 2. The molecule has 0 aromatic heterocycles. The van der Waals surface area contributed by atoms with Gasteiger partial charge in [0, 0.05) is 6.42 Å². The summed E-state index contributed by atoms with van der Waals surface area (Å²) in [7, 11) is 0. The molecule has 1 saturated heterocycles. The van der Waals surface area contributed by atoms with Gasteiger partial charge in [0.25, 0.3) is 0 Å². The number of carbonyl (C=O) groups excluding carboxylic acids is 2. The Hall–Kier alpha value is -1.27. The van der Waals surface area contributed by atoms with E-state index in [-0.39, 0.29) is 6.61 Å². The van der Waals surface area contributed by atoms with Crippen LogP contribution < -0.4 is 5.32 Å². The fourth-order valence-corrected chi connectivity index (χ4v) is 1.41. The molecule has 0 aliphatic carbocycles. The van der Waals surface area contributed by atoms with Gasteiger partial charge in [0.05, 0.1) is 12.5 Å². The number of esters is 1. The van der Waals surface area contributed by atoms with Crippen molar-refractivity contribution >= 4 is 11.9 Å². The zero-order valence-electron chi connectivity index (χ0n) is 7.93. The predicted octanol–water partition coefficient (Wildman–Crippen LogP) is 0.616. The van der Waals surface area contributed by atoms with Crippen LogP contribution in [0.1, 0.15) is 13.3 Å². The minimum absolute atomic E-state index is 0.0181. The van der Waals surface area contributed by atoms with Crippen LogP contribution in [0.4, 0.5) is 13.2 Å². The van der Waals surface area contributed by atoms with E-state index in [1.54, 1.807) is 0 Å². The lowest BCUT2D eigenvalue weighted by molar-refractivity contribution is -0.185. The van der Waals surface area contributed by atoms with Crippen molar-refractivity contribution in [2.45, 2.75) is 25.6 Å². The van der Waals surface area contributed by atoms with Gasteiger partial charge in [-0.3, -0.25) is 4.79 Å². The summed E-state index contributed by atoms with van der Waals surface area (Å²) in [5.74, 6) is -3.80. The number of hydrogen-bond donors (Lipinski definition) is 1. The van der Waals surface area contributed by atoms with Crippen LogP contribution in [0.25, 0.3) is 0 Å². The van der Waals surface area contributed by atoms with Crippen molar-refractivity contribution in [2.75, 3.05) is 6.61 Å². The summed E-state index contributed by atoms with van der Waals surface area (Å²) in [5.41, 5.74) is 0. The Morgan fingerprint density at radius 2 is 2.20 bits per heavy atom. The van der Waals surface area contributed by atoms with Crippen LogP contribution in [0.2, 0.25) is 0 Å². The first kappa shape index (κ1) is 11.8. The van der Waals surface area contributed by atoms with Crippen LogP contribution in [0.15, 0.2) is 0 Å². The molecular formula is C8H10F3NO3. The minimum atomic E-state index is -4.57. The molecule has 4 nitrogen and oxygen atoms in total. The van der Waals surface area contributed by atoms with Crippen molar-refractivity contribution in [3.63, 3.8) is 0 Å². The lowest BCUT2D eigenvalue weighted by Gasteiger charge is -2.19. The summed E-state index contributed by atoms with van der Waals surface area (Å²) in [6, 6.07) is -1.60. The Labute approximate surface area is 83.8 Å². The van der Waals surface area contributed by atoms with Crippen molar-refractivity contribution in [2.24, 2.45) is 5.92 Å². The minimum Gasteiger partial charge on any atom is -0.464 e. The summed E-state index contributed by atoms with van der Waals surface area (Å²) in [6.07, 6.45) is -5.29. The van der Waals surface area contributed by atoms with Crippen molar-refractivity contribution in [3.8, 4) is 0 Å². The summed E-state index contributed by atoms with van der Waals surface area (Å²) in [4.78, 5) is 21.9. The fraction of sp³-hybridized carbons (Fsp3) is 0.750. The number of nitrogens with one attached hydrogen (secondary N) is 1. The van der Waals surface area contributed by atoms with E-state index < -0.39 is 36.4 Å². The third-order valence-electron chi connectivity index (χ3n) is 2.09. The van der Waals surface area contributed by atoms with E-state index in [4.69, 9.17) is 0 Å². The molecule has 15 heavy (non-hydrogen) atoms. The summed E-state index contributed by atoms with van der Waals surface area (Å²) >= 11 is 0. The predicted molar refractivity (Wildman–Crippen MR) is 42.7 cm³/mol. The molecule has 0 spiro atoms. The van der Waals surface area contributed by atoms with Crippen molar-refractivity contribution in [1.82, 2.24) is 5.32 Å². The molecule has 7 heteroatoms. The Kier molecular flexibility index (Phi) is 3.21. The van der Waals surface area contributed by atoms with E-state index in [9.17, 15) is 22.8 Å². The molecule has 1 fully saturated rings. The Balaban J connectivity index is 2.77. The molecule has 0 aromatic rings. The highest BCUT2D eigenvalue weighted by Gasteiger charge is 2.53. The molecule has 1 heterocycles. The van der Waals surface area contributed by atoms with Gasteiger partial charge in [-0.1, -0.05) is 0 Å². The number of amides is 1. The van der Waals surface area contributed by atoms with E-state index in [1.165, 1.54) is 6.92 Å². The number of halogens is 3. The molecule has 2 atom stereocenters. The Bertz CT molecular complexity index is 277. The van der Waals surface area contributed by atoms with Gasteiger partial charge in [-0.25, -0.2) is 4.79 Å². The molecule has 0 saturated carbocycles. The number of carbonyl (C=O) groups is 2. The maximum atomic E-state index is 12.4. The molecule has 0 unspecified atom stereocenters. The SMILES string of the molecule is CCOC(=O)[C@@H]1NC(=O)C[C@@H]1C(F)(F)F. The average molecular weight is 225 g/mol. The topological polar surface area (TPSA) is 55.4 Å². The first-order valence-corrected chi connectivity index (χ1v) is 4.39. The van der Waals surface area contributed by atoms with Gasteiger partial charge in [0.15, 0.2) is 0 Å². The second-order valence-electron chi connectivity index (χ2n) is 3.15. The Morgan fingerprint density at radius 1 is 1.60 bits per heavy atom. The molecule has 1 amide bonds. The second-order valence-corrected chi connectivity index (χ2v) is 3.15. The zero-order chi connectivity index (χ0) is 11.6. The Morgan fingerprint density at radius 3 is 2.67 bits per heavy atom. The first-order valence-electron chi connectivity index (χ1n) is 4.39. The van der Waals surface area contributed by atoms with Crippen LogP contribution in [0.3, 0.4) is 0 Å². The van der Waals surface area contributed by atoms with Crippen LogP contribution >= 0.6 is 0 Å². The van der Waals surface area contributed by atoms with Crippen LogP contribution in [-0.2, 0) is 14.3 Å². The van der Waals surface area contributed by atoms with Gasteiger partial charge in [-0.2, -0.15) is 13.2 Å². The van der Waals surface area contributed by atoms with Gasteiger partial charge in [0.1, 0.15) is 6.04 Å². The maximum absolute atomic E-state index is 12.4. The summed E-state index contributed by atoms with van der Waals surface area (Å²) < 4.78 is 41.6. The van der Waals surface area contributed by atoms with E-state index in [2.05, 4.69) is 4.74 Å². The normalized spacial score (nSPS) is 26.3. The highest BCUT2D eigenvalue weighted by atomic mass is 19.4. The van der Waals surface area contributed by atoms with E-state index in [0.717, 1.165) is 0 Å². The quantitative estimate of drug-likeness (QED) is 0.701. The monoisotopic (exact) mass is 225 g/mol. The van der Waals surface area contributed by atoms with Gasteiger partial charge in [0.2, 0.25) is 5.91 Å². The first-order chi connectivity index (χ1) is 6.86. The van der Waals surface area contributed by atoms with E-state index in [0.29, 0.717) is 0 Å². The maximum Gasteiger partial charge on any atom is 0.394 e. The highest BCUT2D eigenvalue weighted by molar-refractivity contribution is 5.89. The zero-order valence-corrected chi connectivity index (χ0v) is 7.93. The fourth-order valence-electron chi connectivity index (χ4n) is 1.41. The van der Waals surface area contributed by atoms with Gasteiger partial charge in [-0.05, 0) is 6.92 Å². The molecular weight excluding hydrogens is 215 g/mol. The lowest BCUT2D eigenvalue weighted by Crippen LogP contribution is -2.43. The molecule has 86 valence electrons. The molecule has 1 aliphatic heterocycles. The highest BCUT2D eigenvalue weighted by Crippen LogP contribution is 2.35. The summed E-state index contributed by atoms with van der Waals surface area (Å²) in [6.45, 7) is 1.47. The molecule has 0 radical (unpaired) electrons. The number of ether oxygens (including phenoxy) is 1. The van der Waals surface area contributed by atoms with Crippen LogP contribution in [0, 0.1) is 5.92 Å². The smallest absolute Gasteiger partial charge is 0.394 e.